The first-order chi connectivity index (χ1) is 15.3. The summed E-state index contributed by atoms with van der Waals surface area (Å²) in [4.78, 5) is 11.9. The SMILES string of the molecule is O=C(O)[C@@H](OCc1ccccc1)[C@@H](Cc1ccccc1)Nc1c(F)c(F)c(F)c(F)c1F. The third-order valence-corrected chi connectivity index (χ3v) is 4.72. The van der Waals surface area contributed by atoms with Crippen molar-refractivity contribution < 1.29 is 36.6 Å². The van der Waals surface area contributed by atoms with Crippen LogP contribution in [0.15, 0.2) is 60.7 Å². The molecule has 168 valence electrons. The largest absolute Gasteiger partial charge is 0.479 e. The van der Waals surface area contributed by atoms with Crippen LogP contribution in [-0.4, -0.2) is 23.2 Å². The van der Waals surface area contributed by atoms with Crippen molar-refractivity contribution in [2.45, 2.75) is 25.2 Å². The number of ether oxygens (including phenoxy) is 1. The van der Waals surface area contributed by atoms with Crippen LogP contribution in [0, 0.1) is 29.1 Å². The van der Waals surface area contributed by atoms with Gasteiger partial charge in [0, 0.05) is 0 Å². The topological polar surface area (TPSA) is 58.6 Å². The molecule has 0 unspecified atom stereocenters. The van der Waals surface area contributed by atoms with Gasteiger partial charge in [-0.2, -0.15) is 0 Å². The van der Waals surface area contributed by atoms with Crippen molar-refractivity contribution in [2.75, 3.05) is 5.32 Å². The number of halogens is 5. The van der Waals surface area contributed by atoms with Gasteiger partial charge in [0.05, 0.1) is 12.6 Å². The number of hydrogen-bond acceptors (Lipinski definition) is 3. The summed E-state index contributed by atoms with van der Waals surface area (Å²) in [5.74, 6) is -12.2. The first kappa shape index (κ1) is 23.2. The van der Waals surface area contributed by atoms with E-state index in [2.05, 4.69) is 5.32 Å². The zero-order valence-electron chi connectivity index (χ0n) is 16.5. The summed E-state index contributed by atoms with van der Waals surface area (Å²) < 4.78 is 74.7. The van der Waals surface area contributed by atoms with Crippen molar-refractivity contribution in [1.29, 1.82) is 0 Å². The minimum Gasteiger partial charge on any atom is -0.479 e. The first-order valence-electron chi connectivity index (χ1n) is 9.49. The molecule has 2 N–H and O–H groups in total. The van der Waals surface area contributed by atoms with E-state index in [1.807, 2.05) is 0 Å². The third kappa shape index (κ3) is 5.23. The fourth-order valence-electron chi connectivity index (χ4n) is 3.14. The monoisotopic (exact) mass is 451 g/mol. The van der Waals surface area contributed by atoms with Crippen LogP contribution in [0.5, 0.6) is 0 Å². The zero-order chi connectivity index (χ0) is 23.3. The van der Waals surface area contributed by atoms with Gasteiger partial charge in [0.1, 0.15) is 5.69 Å². The van der Waals surface area contributed by atoms with Crippen LogP contribution in [0.1, 0.15) is 11.1 Å². The van der Waals surface area contributed by atoms with E-state index < -0.39 is 52.9 Å². The van der Waals surface area contributed by atoms with Gasteiger partial charge in [-0.3, -0.25) is 0 Å². The Bertz CT molecular complexity index is 1050. The van der Waals surface area contributed by atoms with E-state index in [0.29, 0.717) is 11.1 Å². The maximum atomic E-state index is 14.2. The van der Waals surface area contributed by atoms with Crippen molar-refractivity contribution in [3.8, 4) is 0 Å². The molecule has 32 heavy (non-hydrogen) atoms. The number of anilines is 1. The molecule has 0 saturated heterocycles. The quantitative estimate of drug-likeness (QED) is 0.271. The summed E-state index contributed by atoms with van der Waals surface area (Å²) in [5.41, 5.74) is -0.131. The summed E-state index contributed by atoms with van der Waals surface area (Å²) in [5, 5.41) is 11.9. The number of carboxylic acid groups (broad SMARTS) is 1. The van der Waals surface area contributed by atoms with Gasteiger partial charge in [-0.15, -0.1) is 0 Å². The molecule has 3 rings (SSSR count). The number of carboxylic acids is 1. The van der Waals surface area contributed by atoms with E-state index in [4.69, 9.17) is 4.74 Å². The van der Waals surface area contributed by atoms with E-state index >= 15 is 0 Å². The highest BCUT2D eigenvalue weighted by atomic mass is 19.2. The van der Waals surface area contributed by atoms with Gasteiger partial charge in [-0.25, -0.2) is 26.7 Å². The normalized spacial score (nSPS) is 12.9. The van der Waals surface area contributed by atoms with Crippen molar-refractivity contribution in [1.82, 2.24) is 0 Å². The van der Waals surface area contributed by atoms with Crippen LogP contribution in [0.25, 0.3) is 0 Å². The Balaban J connectivity index is 1.96. The standard InChI is InChI=1S/C23H18F5NO3/c24-16-17(25)19(27)21(20(28)18(16)26)29-15(11-13-7-3-1-4-8-13)22(23(30)31)32-12-14-9-5-2-6-10-14/h1-10,15,22,29H,11-12H2,(H,30,31)/t15-,22+/m1/s1. The highest BCUT2D eigenvalue weighted by molar-refractivity contribution is 5.74. The van der Waals surface area contributed by atoms with Crippen LogP contribution in [-0.2, 0) is 22.6 Å². The molecule has 0 aromatic heterocycles. The average molecular weight is 451 g/mol. The molecule has 0 amide bonds. The smallest absolute Gasteiger partial charge is 0.335 e. The Morgan fingerprint density at radius 3 is 1.75 bits per heavy atom. The lowest BCUT2D eigenvalue weighted by Gasteiger charge is -2.27. The van der Waals surface area contributed by atoms with Crippen LogP contribution in [0.3, 0.4) is 0 Å². The number of aliphatic carboxylic acids is 1. The van der Waals surface area contributed by atoms with Gasteiger partial charge in [0.15, 0.2) is 29.4 Å². The maximum Gasteiger partial charge on any atom is 0.335 e. The van der Waals surface area contributed by atoms with Crippen LogP contribution in [0.4, 0.5) is 27.6 Å². The molecule has 0 saturated carbocycles. The Kier molecular flexibility index (Phi) is 7.42. The van der Waals surface area contributed by atoms with Crippen molar-refractivity contribution in [3.63, 3.8) is 0 Å². The Labute approximate surface area is 180 Å². The summed E-state index contributed by atoms with van der Waals surface area (Å²) >= 11 is 0. The van der Waals surface area contributed by atoms with E-state index in [9.17, 15) is 31.9 Å². The van der Waals surface area contributed by atoms with E-state index in [1.165, 1.54) is 0 Å². The second kappa shape index (κ2) is 10.2. The lowest BCUT2D eigenvalue weighted by Crippen LogP contribution is -2.43. The van der Waals surface area contributed by atoms with Gasteiger partial charge >= 0.3 is 5.97 Å². The van der Waals surface area contributed by atoms with Gasteiger partial charge in [-0.1, -0.05) is 60.7 Å². The zero-order valence-corrected chi connectivity index (χ0v) is 16.5. The number of nitrogens with one attached hydrogen (secondary N) is 1. The van der Waals surface area contributed by atoms with E-state index in [0.717, 1.165) is 0 Å². The average Bonchev–Trinajstić information content (AvgIpc) is 2.80. The minimum atomic E-state index is -2.31. The summed E-state index contributed by atoms with van der Waals surface area (Å²) in [6.45, 7) is -0.151. The molecule has 0 fully saturated rings. The molecule has 0 aliphatic carbocycles. The number of hydrogen-bond donors (Lipinski definition) is 2. The molecule has 0 heterocycles. The molecule has 0 spiro atoms. The third-order valence-electron chi connectivity index (χ3n) is 4.72. The molecular formula is C23H18F5NO3. The lowest BCUT2D eigenvalue weighted by molar-refractivity contribution is -0.152. The summed E-state index contributed by atoms with van der Waals surface area (Å²) in [7, 11) is 0. The summed E-state index contributed by atoms with van der Waals surface area (Å²) in [6, 6.07) is 15.4. The molecule has 9 heteroatoms. The van der Waals surface area contributed by atoms with E-state index in [-0.39, 0.29) is 13.0 Å². The molecule has 0 radical (unpaired) electrons. The predicted molar refractivity (Wildman–Crippen MR) is 106 cm³/mol. The van der Waals surface area contributed by atoms with Gasteiger partial charge in [0.25, 0.3) is 0 Å². The van der Waals surface area contributed by atoms with Crippen molar-refractivity contribution in [2.24, 2.45) is 0 Å². The van der Waals surface area contributed by atoms with E-state index in [1.54, 1.807) is 60.7 Å². The molecule has 4 nitrogen and oxygen atoms in total. The second-order valence-corrected chi connectivity index (χ2v) is 6.94. The number of carbonyl (C=O) groups is 1. The van der Waals surface area contributed by atoms with Crippen molar-refractivity contribution in [3.05, 3.63) is 101 Å². The molecule has 0 aliphatic heterocycles. The lowest BCUT2D eigenvalue weighted by atomic mass is 10.00. The fourth-order valence-corrected chi connectivity index (χ4v) is 3.14. The van der Waals surface area contributed by atoms with Crippen LogP contribution in [0.2, 0.25) is 0 Å². The highest BCUT2D eigenvalue weighted by Crippen LogP contribution is 2.29. The fraction of sp³-hybridized carbons (Fsp3) is 0.174. The van der Waals surface area contributed by atoms with Crippen LogP contribution >= 0.6 is 0 Å². The predicted octanol–water partition coefficient (Wildman–Crippen LogP) is 5.08. The number of rotatable bonds is 9. The Morgan fingerprint density at radius 2 is 1.25 bits per heavy atom. The molecule has 0 bridgehead atoms. The first-order valence-corrected chi connectivity index (χ1v) is 9.49. The molecule has 2 atom stereocenters. The van der Waals surface area contributed by atoms with Gasteiger partial charge in [0.2, 0.25) is 5.82 Å². The molecule has 3 aromatic rings. The Hall–Kier alpha value is -3.46. The minimum absolute atomic E-state index is 0.133. The molecular weight excluding hydrogens is 433 g/mol. The van der Waals surface area contributed by atoms with Gasteiger partial charge in [-0.05, 0) is 17.5 Å². The molecule has 0 aliphatic rings. The number of benzene rings is 3. The Morgan fingerprint density at radius 1 is 0.781 bits per heavy atom. The second-order valence-electron chi connectivity index (χ2n) is 6.94. The van der Waals surface area contributed by atoms with Crippen LogP contribution < -0.4 is 5.32 Å². The maximum absolute atomic E-state index is 14.2. The summed E-state index contributed by atoms with van der Waals surface area (Å²) in [6.07, 6.45) is -1.81. The molecule has 3 aromatic carbocycles. The van der Waals surface area contributed by atoms with Gasteiger partial charge < -0.3 is 15.2 Å². The van der Waals surface area contributed by atoms with Crippen molar-refractivity contribution >= 4 is 11.7 Å². The highest BCUT2D eigenvalue weighted by Gasteiger charge is 2.33.